The van der Waals surface area contributed by atoms with Crippen LogP contribution in [0.25, 0.3) is 0 Å². The third-order valence-electron chi connectivity index (χ3n) is 4.82. The van der Waals surface area contributed by atoms with E-state index in [4.69, 9.17) is 4.74 Å². The molecule has 0 radical (unpaired) electrons. The van der Waals surface area contributed by atoms with Crippen LogP contribution < -0.4 is 20.3 Å². The standard InChI is InChI=1S/C20H23N7O3S2/c1-2-15(28)21-17-23-25-19(31-17)27-10-8-14(9-11-27)30-20-26-24-18(32-20)22-16(29)12-13-6-4-3-5-7-13/h3-7,14H,2,8-12H2,1H3,(H,21,23,28)(H,22,24,29). The summed E-state index contributed by atoms with van der Waals surface area (Å²) in [4.78, 5) is 25.8. The van der Waals surface area contributed by atoms with Crippen molar-refractivity contribution in [2.24, 2.45) is 0 Å². The summed E-state index contributed by atoms with van der Waals surface area (Å²) in [6.07, 6.45) is 2.29. The molecule has 0 bridgehead atoms. The Bertz CT molecular complexity index is 1050. The lowest BCUT2D eigenvalue weighted by atomic mass is 10.1. The Labute approximate surface area is 193 Å². The zero-order valence-corrected chi connectivity index (χ0v) is 19.1. The summed E-state index contributed by atoms with van der Waals surface area (Å²) in [7, 11) is 0. The fourth-order valence-electron chi connectivity index (χ4n) is 3.16. The molecular weight excluding hydrogens is 450 g/mol. The molecule has 32 heavy (non-hydrogen) atoms. The highest BCUT2D eigenvalue weighted by atomic mass is 32.1. The van der Waals surface area contributed by atoms with Crippen molar-refractivity contribution in [3.8, 4) is 5.19 Å². The number of anilines is 3. The van der Waals surface area contributed by atoms with E-state index in [0.29, 0.717) is 21.9 Å². The first-order valence-corrected chi connectivity index (χ1v) is 11.9. The Hall–Kier alpha value is -3.12. The molecule has 168 valence electrons. The highest BCUT2D eigenvalue weighted by molar-refractivity contribution is 7.19. The van der Waals surface area contributed by atoms with E-state index >= 15 is 0 Å². The predicted molar refractivity (Wildman–Crippen MR) is 123 cm³/mol. The van der Waals surface area contributed by atoms with E-state index in [1.54, 1.807) is 6.92 Å². The van der Waals surface area contributed by atoms with Crippen LogP contribution in [-0.2, 0) is 16.0 Å². The van der Waals surface area contributed by atoms with Crippen LogP contribution in [0.5, 0.6) is 5.19 Å². The fraction of sp³-hybridized carbons (Fsp3) is 0.400. The first-order valence-electron chi connectivity index (χ1n) is 10.3. The lowest BCUT2D eigenvalue weighted by molar-refractivity contribution is -0.116. The minimum atomic E-state index is -0.140. The van der Waals surface area contributed by atoms with Gasteiger partial charge in [0.2, 0.25) is 27.2 Å². The maximum atomic E-state index is 12.2. The second-order valence-electron chi connectivity index (χ2n) is 7.18. The minimum Gasteiger partial charge on any atom is -0.465 e. The van der Waals surface area contributed by atoms with Gasteiger partial charge in [0, 0.05) is 32.4 Å². The Kier molecular flexibility index (Phi) is 7.22. The molecule has 2 amide bonds. The molecule has 3 aromatic rings. The maximum absolute atomic E-state index is 12.2. The minimum absolute atomic E-state index is 0.0132. The SMILES string of the molecule is CCC(=O)Nc1nnc(N2CCC(Oc3nnc(NC(=O)Cc4ccccc4)s3)CC2)s1. The summed E-state index contributed by atoms with van der Waals surface area (Å²) in [5.74, 6) is -0.216. The van der Waals surface area contributed by atoms with Crippen molar-refractivity contribution in [3.63, 3.8) is 0 Å². The van der Waals surface area contributed by atoms with Gasteiger partial charge in [-0.25, -0.2) is 0 Å². The van der Waals surface area contributed by atoms with Crippen LogP contribution in [0.4, 0.5) is 15.4 Å². The van der Waals surface area contributed by atoms with Crippen LogP contribution >= 0.6 is 22.7 Å². The topological polar surface area (TPSA) is 122 Å². The zero-order valence-electron chi connectivity index (χ0n) is 17.5. The summed E-state index contributed by atoms with van der Waals surface area (Å²) < 4.78 is 5.97. The molecule has 2 N–H and O–H groups in total. The summed E-state index contributed by atoms with van der Waals surface area (Å²) in [5.41, 5.74) is 0.938. The number of rotatable bonds is 8. The molecular formula is C20H23N7O3S2. The molecule has 1 fully saturated rings. The first kappa shape index (κ1) is 22.1. The van der Waals surface area contributed by atoms with Gasteiger partial charge in [0.05, 0.1) is 6.42 Å². The molecule has 0 unspecified atom stereocenters. The van der Waals surface area contributed by atoms with Crippen molar-refractivity contribution in [1.82, 2.24) is 20.4 Å². The van der Waals surface area contributed by atoms with Crippen LogP contribution in [0, 0.1) is 0 Å². The van der Waals surface area contributed by atoms with Gasteiger partial charge in [-0.3, -0.25) is 9.59 Å². The number of hydrogen-bond donors (Lipinski definition) is 2. The van der Waals surface area contributed by atoms with Crippen LogP contribution in [0.3, 0.4) is 0 Å². The maximum Gasteiger partial charge on any atom is 0.296 e. The van der Waals surface area contributed by atoms with Crippen molar-refractivity contribution in [2.75, 3.05) is 28.6 Å². The summed E-state index contributed by atoms with van der Waals surface area (Å²) >= 11 is 2.59. The highest BCUT2D eigenvalue weighted by Gasteiger charge is 2.24. The monoisotopic (exact) mass is 473 g/mol. The zero-order chi connectivity index (χ0) is 22.3. The van der Waals surface area contributed by atoms with Crippen molar-refractivity contribution < 1.29 is 14.3 Å². The average Bonchev–Trinajstić information content (AvgIpc) is 3.44. The predicted octanol–water partition coefficient (Wildman–Crippen LogP) is 2.97. The van der Waals surface area contributed by atoms with Gasteiger partial charge in [0.25, 0.3) is 5.19 Å². The number of amides is 2. The molecule has 1 aromatic carbocycles. The lowest BCUT2D eigenvalue weighted by Crippen LogP contribution is -2.38. The van der Waals surface area contributed by atoms with Gasteiger partial charge >= 0.3 is 0 Å². The number of piperidine rings is 1. The number of carbonyl (C=O) groups excluding carboxylic acids is 2. The third-order valence-corrected chi connectivity index (χ3v) is 6.45. The molecule has 1 aliphatic heterocycles. The number of aromatic nitrogens is 4. The molecule has 4 rings (SSSR count). The number of carbonyl (C=O) groups is 2. The van der Waals surface area contributed by atoms with E-state index < -0.39 is 0 Å². The van der Waals surface area contributed by atoms with Gasteiger partial charge in [-0.2, -0.15) is 0 Å². The van der Waals surface area contributed by atoms with Crippen molar-refractivity contribution in [3.05, 3.63) is 35.9 Å². The quantitative estimate of drug-likeness (QED) is 0.512. The number of nitrogens with one attached hydrogen (secondary N) is 2. The van der Waals surface area contributed by atoms with Crippen LogP contribution in [-0.4, -0.2) is 51.4 Å². The molecule has 1 aliphatic rings. The van der Waals surface area contributed by atoms with Crippen molar-refractivity contribution >= 4 is 49.9 Å². The van der Waals surface area contributed by atoms with Gasteiger partial charge in [-0.15, -0.1) is 15.3 Å². The molecule has 0 aliphatic carbocycles. The summed E-state index contributed by atoms with van der Waals surface area (Å²) in [5, 5.41) is 23.9. The lowest BCUT2D eigenvalue weighted by Gasteiger charge is -2.30. The van der Waals surface area contributed by atoms with E-state index in [9.17, 15) is 9.59 Å². The molecule has 10 nitrogen and oxygen atoms in total. The van der Waals surface area contributed by atoms with Crippen LogP contribution in [0.1, 0.15) is 31.7 Å². The van der Waals surface area contributed by atoms with Crippen molar-refractivity contribution in [2.45, 2.75) is 38.7 Å². The summed E-state index contributed by atoms with van der Waals surface area (Å²) in [6.45, 7) is 3.32. The Morgan fingerprint density at radius 3 is 2.44 bits per heavy atom. The molecule has 12 heteroatoms. The summed E-state index contributed by atoms with van der Waals surface area (Å²) in [6, 6.07) is 9.53. The van der Waals surface area contributed by atoms with E-state index in [0.717, 1.165) is 36.6 Å². The van der Waals surface area contributed by atoms with Crippen LogP contribution in [0.15, 0.2) is 30.3 Å². The third kappa shape index (κ3) is 5.98. The molecule has 0 atom stereocenters. The molecule has 1 saturated heterocycles. The number of nitrogens with zero attached hydrogens (tertiary/aromatic N) is 5. The number of benzene rings is 1. The van der Waals surface area contributed by atoms with Gasteiger partial charge in [-0.05, 0) is 16.9 Å². The van der Waals surface area contributed by atoms with Gasteiger partial charge in [0.15, 0.2) is 0 Å². The molecule has 0 saturated carbocycles. The first-order chi connectivity index (χ1) is 15.6. The molecule has 2 aromatic heterocycles. The average molecular weight is 474 g/mol. The van der Waals surface area contributed by atoms with E-state index in [-0.39, 0.29) is 24.3 Å². The normalized spacial score (nSPS) is 14.2. The van der Waals surface area contributed by atoms with E-state index in [2.05, 4.69) is 35.9 Å². The van der Waals surface area contributed by atoms with E-state index in [1.165, 1.54) is 22.7 Å². The largest absolute Gasteiger partial charge is 0.465 e. The smallest absolute Gasteiger partial charge is 0.296 e. The number of ether oxygens (including phenoxy) is 1. The Morgan fingerprint density at radius 1 is 1.00 bits per heavy atom. The molecule has 0 spiro atoms. The Balaban J connectivity index is 1.23. The second kappa shape index (κ2) is 10.5. The van der Waals surface area contributed by atoms with Gasteiger partial charge in [0.1, 0.15) is 6.10 Å². The highest BCUT2D eigenvalue weighted by Crippen LogP contribution is 2.29. The Morgan fingerprint density at radius 2 is 1.69 bits per heavy atom. The fourth-order valence-corrected chi connectivity index (χ4v) is 4.65. The van der Waals surface area contributed by atoms with Crippen molar-refractivity contribution in [1.29, 1.82) is 0 Å². The van der Waals surface area contributed by atoms with Gasteiger partial charge < -0.3 is 20.3 Å². The molecule has 3 heterocycles. The number of hydrogen-bond acceptors (Lipinski definition) is 10. The van der Waals surface area contributed by atoms with Gasteiger partial charge in [-0.1, -0.05) is 53.7 Å². The van der Waals surface area contributed by atoms with Crippen LogP contribution in [0.2, 0.25) is 0 Å². The van der Waals surface area contributed by atoms with E-state index in [1.807, 2.05) is 30.3 Å². The second-order valence-corrected chi connectivity index (χ2v) is 9.08.